The van der Waals surface area contributed by atoms with Crippen molar-refractivity contribution >= 4 is 22.5 Å². The lowest BCUT2D eigenvalue weighted by atomic mass is 10.0. The second kappa shape index (κ2) is 6.17. The van der Waals surface area contributed by atoms with Crippen molar-refractivity contribution in [3.8, 4) is 0 Å². The molecule has 0 N–H and O–H groups in total. The summed E-state index contributed by atoms with van der Waals surface area (Å²) >= 11 is 1.48. The highest BCUT2D eigenvalue weighted by molar-refractivity contribution is 7.09. The average molecular weight is 358 g/mol. The fourth-order valence-corrected chi connectivity index (χ4v) is 4.69. The maximum atomic E-state index is 5.11. The van der Waals surface area contributed by atoms with Gasteiger partial charge in [-0.2, -0.15) is 9.47 Å². The zero-order valence-electron chi connectivity index (χ0n) is 14.3. The fraction of sp³-hybridized carbons (Fsp3) is 0.647. The maximum Gasteiger partial charge on any atom is 0.205 e. The van der Waals surface area contributed by atoms with Gasteiger partial charge in [-0.1, -0.05) is 0 Å². The molecule has 3 fully saturated rings. The molecule has 3 aliphatic rings. The Balaban J connectivity index is 1.22. The van der Waals surface area contributed by atoms with Crippen molar-refractivity contribution in [1.29, 1.82) is 0 Å². The van der Waals surface area contributed by atoms with Crippen molar-refractivity contribution in [3.05, 3.63) is 23.7 Å². The predicted molar refractivity (Wildman–Crippen MR) is 96.0 cm³/mol. The Hall–Kier alpha value is -1.80. The van der Waals surface area contributed by atoms with E-state index in [4.69, 9.17) is 4.74 Å². The summed E-state index contributed by atoms with van der Waals surface area (Å²) in [5.41, 5.74) is 1.16. The van der Waals surface area contributed by atoms with Gasteiger partial charge in [0.15, 0.2) is 11.6 Å². The van der Waals surface area contributed by atoms with Crippen LogP contribution in [0.15, 0.2) is 12.1 Å². The van der Waals surface area contributed by atoms with Crippen LogP contribution in [0.25, 0.3) is 0 Å². The summed E-state index contributed by atoms with van der Waals surface area (Å²) in [6.07, 6.45) is 2.55. The smallest absolute Gasteiger partial charge is 0.205 e. The van der Waals surface area contributed by atoms with Crippen LogP contribution >= 0.6 is 11.5 Å². The number of hydrogen-bond donors (Lipinski definition) is 0. The van der Waals surface area contributed by atoms with Crippen LogP contribution < -0.4 is 9.80 Å². The van der Waals surface area contributed by atoms with Gasteiger partial charge in [0.05, 0.1) is 5.69 Å². The molecule has 4 heterocycles. The number of aromatic nitrogens is 4. The van der Waals surface area contributed by atoms with E-state index in [1.54, 1.807) is 7.11 Å². The lowest BCUT2D eigenvalue weighted by Gasteiger charge is -2.21. The number of hydrogen-bond acceptors (Lipinski definition) is 8. The van der Waals surface area contributed by atoms with E-state index in [2.05, 4.69) is 41.5 Å². The van der Waals surface area contributed by atoms with Gasteiger partial charge in [-0.3, -0.25) is 0 Å². The zero-order chi connectivity index (χ0) is 16.8. The molecule has 2 aromatic heterocycles. The molecule has 0 aromatic carbocycles. The Morgan fingerprint density at radius 1 is 1.08 bits per heavy atom. The minimum absolute atomic E-state index is 0.487. The molecule has 0 spiro atoms. The van der Waals surface area contributed by atoms with E-state index >= 15 is 0 Å². The summed E-state index contributed by atoms with van der Waals surface area (Å²) in [4.78, 5) is 9.37. The van der Waals surface area contributed by atoms with Crippen molar-refractivity contribution in [3.63, 3.8) is 0 Å². The summed E-state index contributed by atoms with van der Waals surface area (Å²) < 4.78 is 9.48. The summed E-state index contributed by atoms with van der Waals surface area (Å²) in [5, 5.41) is 9.94. The molecule has 2 aliphatic heterocycles. The molecule has 0 bridgehead atoms. The molecule has 1 aliphatic carbocycles. The van der Waals surface area contributed by atoms with Crippen LogP contribution in [0.2, 0.25) is 0 Å². The van der Waals surface area contributed by atoms with Crippen LogP contribution in [0.1, 0.15) is 30.3 Å². The Labute approximate surface area is 151 Å². The van der Waals surface area contributed by atoms with Crippen LogP contribution in [-0.4, -0.2) is 52.8 Å². The van der Waals surface area contributed by atoms with Gasteiger partial charge >= 0.3 is 0 Å². The van der Waals surface area contributed by atoms with Gasteiger partial charge in [0.25, 0.3) is 0 Å². The van der Waals surface area contributed by atoms with Crippen LogP contribution in [0.5, 0.6) is 0 Å². The van der Waals surface area contributed by atoms with Crippen LogP contribution in [0.3, 0.4) is 0 Å². The minimum atomic E-state index is 0.487. The predicted octanol–water partition coefficient (Wildman–Crippen LogP) is 1.92. The van der Waals surface area contributed by atoms with Gasteiger partial charge in [0.2, 0.25) is 5.13 Å². The first-order chi connectivity index (χ1) is 12.3. The molecule has 1 saturated carbocycles. The van der Waals surface area contributed by atoms with E-state index < -0.39 is 0 Å². The third kappa shape index (κ3) is 2.97. The number of nitrogens with zero attached hydrogens (tertiary/aromatic N) is 6. The number of ether oxygens (including phenoxy) is 1. The maximum absolute atomic E-state index is 5.11. The number of fused-ring (bicyclic) bond motifs is 1. The van der Waals surface area contributed by atoms with Gasteiger partial charge in [0, 0.05) is 62.6 Å². The molecule has 2 aromatic rings. The van der Waals surface area contributed by atoms with Crippen molar-refractivity contribution < 1.29 is 4.74 Å². The van der Waals surface area contributed by atoms with Crippen molar-refractivity contribution in [2.45, 2.75) is 25.4 Å². The number of methoxy groups -OCH3 is 1. The summed E-state index contributed by atoms with van der Waals surface area (Å²) in [7, 11) is 1.68. The monoisotopic (exact) mass is 358 g/mol. The third-order valence-electron chi connectivity index (χ3n) is 5.48. The highest BCUT2D eigenvalue weighted by Crippen LogP contribution is 2.39. The van der Waals surface area contributed by atoms with Crippen LogP contribution in [-0.2, 0) is 11.3 Å². The lowest BCUT2D eigenvalue weighted by Crippen LogP contribution is -2.29. The highest BCUT2D eigenvalue weighted by atomic mass is 32.1. The Morgan fingerprint density at radius 3 is 2.48 bits per heavy atom. The Morgan fingerprint density at radius 2 is 1.84 bits per heavy atom. The normalized spacial score (nSPS) is 25.6. The first-order valence-corrected chi connectivity index (χ1v) is 9.72. The van der Waals surface area contributed by atoms with Gasteiger partial charge in [-0.25, -0.2) is 4.98 Å². The number of rotatable bonds is 5. The van der Waals surface area contributed by atoms with Crippen molar-refractivity contribution in [2.24, 2.45) is 11.8 Å². The first kappa shape index (κ1) is 15.5. The molecule has 7 nitrogen and oxygen atoms in total. The molecule has 5 rings (SSSR count). The van der Waals surface area contributed by atoms with E-state index in [-0.39, 0.29) is 0 Å². The fourth-order valence-electron chi connectivity index (χ4n) is 4.00. The molecule has 8 heteroatoms. The molecule has 0 radical (unpaired) electrons. The zero-order valence-corrected chi connectivity index (χ0v) is 15.2. The lowest BCUT2D eigenvalue weighted by molar-refractivity contribution is 0.179. The largest absolute Gasteiger partial charge is 0.377 e. The molecule has 0 amide bonds. The highest BCUT2D eigenvalue weighted by Gasteiger charge is 2.41. The van der Waals surface area contributed by atoms with Crippen molar-refractivity contribution in [2.75, 3.05) is 43.1 Å². The molecule has 2 atom stereocenters. The van der Waals surface area contributed by atoms with Gasteiger partial charge in [-0.05, 0) is 25.0 Å². The van der Waals surface area contributed by atoms with Crippen molar-refractivity contribution in [1.82, 2.24) is 19.6 Å². The topological polar surface area (TPSA) is 67.3 Å². The van der Waals surface area contributed by atoms with Crippen LogP contribution in [0.4, 0.5) is 10.9 Å². The number of anilines is 2. The standard InChI is InChI=1S/C17H22N6OS/c1-24-10-15-18-17(25-21-15)23-8-12-6-22(7-13(12)9-23)16-5-4-14(19-20-16)11-2-3-11/h4-5,11-13H,2-3,6-10H2,1H3. The second-order valence-electron chi connectivity index (χ2n) is 7.35. The molecule has 132 valence electrons. The molecular weight excluding hydrogens is 336 g/mol. The quantitative estimate of drug-likeness (QED) is 0.809. The van der Waals surface area contributed by atoms with E-state index in [9.17, 15) is 0 Å². The van der Waals surface area contributed by atoms with E-state index in [0.717, 1.165) is 48.6 Å². The molecule has 2 saturated heterocycles. The average Bonchev–Trinajstić information content (AvgIpc) is 3.04. The van der Waals surface area contributed by atoms with E-state index in [1.165, 1.54) is 24.4 Å². The molecular formula is C17H22N6OS. The SMILES string of the molecule is COCc1nsc(N2CC3CN(c4ccc(C5CC5)nn4)CC3C2)n1. The Bertz CT molecular complexity index is 732. The van der Waals surface area contributed by atoms with Gasteiger partial charge in [-0.15, -0.1) is 5.10 Å². The molecule has 2 unspecified atom stereocenters. The van der Waals surface area contributed by atoms with Gasteiger partial charge in [0.1, 0.15) is 6.61 Å². The first-order valence-electron chi connectivity index (χ1n) is 8.95. The van der Waals surface area contributed by atoms with E-state index in [0.29, 0.717) is 24.4 Å². The summed E-state index contributed by atoms with van der Waals surface area (Å²) in [6.45, 7) is 4.71. The summed E-state index contributed by atoms with van der Waals surface area (Å²) in [6, 6.07) is 4.32. The summed E-state index contributed by atoms with van der Waals surface area (Å²) in [5.74, 6) is 3.82. The Kier molecular flexibility index (Phi) is 3.82. The third-order valence-corrected chi connectivity index (χ3v) is 6.29. The second-order valence-corrected chi connectivity index (χ2v) is 8.08. The molecule has 25 heavy (non-hydrogen) atoms. The van der Waals surface area contributed by atoms with Gasteiger partial charge < -0.3 is 14.5 Å². The van der Waals surface area contributed by atoms with Crippen LogP contribution in [0, 0.1) is 11.8 Å². The minimum Gasteiger partial charge on any atom is -0.377 e. The van der Waals surface area contributed by atoms with E-state index in [1.807, 2.05) is 0 Å².